The molecule has 0 fully saturated rings. The van der Waals surface area contributed by atoms with Crippen LogP contribution in [0.2, 0.25) is 0 Å². The Hall–Kier alpha value is -1.35. The van der Waals surface area contributed by atoms with Crippen molar-refractivity contribution < 1.29 is 13.5 Å². The molecule has 0 radical (unpaired) electrons. The standard InChI is InChI=1S/C12H15NO3S/c1-10-9-12(17(15,16)13(2)3)7-6-11(10)5-4-8-14/h6-7,9,14H,8H2,1-3H3. The highest BCUT2D eigenvalue weighted by atomic mass is 32.2. The van der Waals surface area contributed by atoms with Gasteiger partial charge < -0.3 is 5.11 Å². The molecule has 92 valence electrons. The summed E-state index contributed by atoms with van der Waals surface area (Å²) in [7, 11) is -0.420. The Balaban J connectivity index is 3.23. The van der Waals surface area contributed by atoms with Crippen molar-refractivity contribution in [1.82, 2.24) is 4.31 Å². The Bertz CT molecular complexity index is 565. The molecule has 0 heterocycles. The zero-order valence-electron chi connectivity index (χ0n) is 10.1. The fraction of sp³-hybridized carbons (Fsp3) is 0.333. The third-order valence-electron chi connectivity index (χ3n) is 2.28. The average molecular weight is 253 g/mol. The summed E-state index contributed by atoms with van der Waals surface area (Å²) < 4.78 is 24.9. The van der Waals surface area contributed by atoms with Gasteiger partial charge in [0, 0.05) is 19.7 Å². The summed E-state index contributed by atoms with van der Waals surface area (Å²) >= 11 is 0. The highest BCUT2D eigenvalue weighted by molar-refractivity contribution is 7.89. The van der Waals surface area contributed by atoms with Gasteiger partial charge in [0.25, 0.3) is 0 Å². The summed E-state index contributed by atoms with van der Waals surface area (Å²) in [6.45, 7) is 1.58. The molecule has 5 heteroatoms. The molecule has 0 unspecified atom stereocenters. The highest BCUT2D eigenvalue weighted by Crippen LogP contribution is 2.17. The van der Waals surface area contributed by atoms with E-state index >= 15 is 0 Å². The van der Waals surface area contributed by atoms with Crippen LogP contribution in [0.3, 0.4) is 0 Å². The number of aliphatic hydroxyl groups excluding tert-OH is 1. The van der Waals surface area contributed by atoms with E-state index in [9.17, 15) is 8.42 Å². The Morgan fingerprint density at radius 3 is 2.47 bits per heavy atom. The number of rotatable bonds is 2. The molecule has 0 aromatic heterocycles. The maximum Gasteiger partial charge on any atom is 0.242 e. The first-order valence-electron chi connectivity index (χ1n) is 5.02. The van der Waals surface area contributed by atoms with E-state index in [1.165, 1.54) is 24.5 Å². The van der Waals surface area contributed by atoms with Gasteiger partial charge in [-0.15, -0.1) is 0 Å². The SMILES string of the molecule is Cc1cc(S(=O)(=O)N(C)C)ccc1C#CCO. The fourth-order valence-corrected chi connectivity index (χ4v) is 2.27. The van der Waals surface area contributed by atoms with Crippen LogP contribution in [0.25, 0.3) is 0 Å². The molecule has 0 saturated heterocycles. The Morgan fingerprint density at radius 1 is 1.35 bits per heavy atom. The van der Waals surface area contributed by atoms with Crippen molar-refractivity contribution in [3.8, 4) is 11.8 Å². The maximum atomic E-state index is 11.9. The fourth-order valence-electron chi connectivity index (χ4n) is 1.28. The summed E-state index contributed by atoms with van der Waals surface area (Å²) in [5.41, 5.74) is 1.49. The largest absolute Gasteiger partial charge is 0.384 e. The molecular formula is C12H15NO3S. The predicted molar refractivity (Wildman–Crippen MR) is 66.0 cm³/mol. The smallest absolute Gasteiger partial charge is 0.242 e. The van der Waals surface area contributed by atoms with Crippen molar-refractivity contribution in [2.75, 3.05) is 20.7 Å². The highest BCUT2D eigenvalue weighted by Gasteiger charge is 2.17. The van der Waals surface area contributed by atoms with Crippen LogP contribution >= 0.6 is 0 Å². The number of nitrogens with zero attached hydrogens (tertiary/aromatic N) is 1. The van der Waals surface area contributed by atoms with E-state index in [2.05, 4.69) is 11.8 Å². The van der Waals surface area contributed by atoms with Gasteiger partial charge in [-0.2, -0.15) is 0 Å². The Labute approximate surface area is 102 Å². The molecule has 0 aliphatic rings. The van der Waals surface area contributed by atoms with E-state index in [-0.39, 0.29) is 11.5 Å². The Kier molecular flexibility index (Phi) is 4.29. The van der Waals surface area contributed by atoms with Gasteiger partial charge in [-0.1, -0.05) is 11.8 Å². The van der Waals surface area contributed by atoms with Gasteiger partial charge in [0.05, 0.1) is 4.90 Å². The Morgan fingerprint density at radius 2 is 2.00 bits per heavy atom. The van der Waals surface area contributed by atoms with Gasteiger partial charge in [0.1, 0.15) is 6.61 Å². The zero-order valence-corrected chi connectivity index (χ0v) is 10.9. The zero-order chi connectivity index (χ0) is 13.1. The van der Waals surface area contributed by atoms with Crippen LogP contribution in [0, 0.1) is 18.8 Å². The summed E-state index contributed by atoms with van der Waals surface area (Å²) in [5.74, 6) is 5.29. The third-order valence-corrected chi connectivity index (χ3v) is 4.09. The summed E-state index contributed by atoms with van der Waals surface area (Å²) in [5, 5.41) is 8.60. The normalized spacial score (nSPS) is 11.1. The molecule has 0 aliphatic heterocycles. The number of aliphatic hydroxyl groups is 1. The number of sulfonamides is 1. The van der Waals surface area contributed by atoms with Crippen molar-refractivity contribution in [3.63, 3.8) is 0 Å². The van der Waals surface area contributed by atoms with E-state index in [1.54, 1.807) is 19.1 Å². The number of aryl methyl sites for hydroxylation is 1. The van der Waals surface area contributed by atoms with E-state index in [4.69, 9.17) is 5.11 Å². The van der Waals surface area contributed by atoms with E-state index in [0.717, 1.165) is 11.1 Å². The van der Waals surface area contributed by atoms with Gasteiger partial charge in [0.15, 0.2) is 0 Å². The first kappa shape index (κ1) is 13.7. The molecule has 0 bridgehead atoms. The van der Waals surface area contributed by atoms with Crippen LogP contribution < -0.4 is 0 Å². The van der Waals surface area contributed by atoms with E-state index < -0.39 is 10.0 Å². The predicted octanol–water partition coefficient (Wildman–Crippen LogP) is 0.589. The van der Waals surface area contributed by atoms with Crippen molar-refractivity contribution in [2.24, 2.45) is 0 Å². The second-order valence-electron chi connectivity index (χ2n) is 3.72. The molecule has 1 N–H and O–H groups in total. The number of benzene rings is 1. The molecule has 0 saturated carbocycles. The summed E-state index contributed by atoms with van der Waals surface area (Å²) in [6.07, 6.45) is 0. The van der Waals surface area contributed by atoms with Crippen LogP contribution in [0.15, 0.2) is 23.1 Å². The van der Waals surface area contributed by atoms with Crippen LogP contribution in [-0.2, 0) is 10.0 Å². The van der Waals surface area contributed by atoms with E-state index in [0.29, 0.717) is 0 Å². The summed E-state index contributed by atoms with van der Waals surface area (Å²) in [4.78, 5) is 0.245. The van der Waals surface area contributed by atoms with E-state index in [1.807, 2.05) is 0 Å². The van der Waals surface area contributed by atoms with Gasteiger partial charge in [0.2, 0.25) is 10.0 Å². The maximum absolute atomic E-state index is 11.9. The van der Waals surface area contributed by atoms with Gasteiger partial charge in [-0.3, -0.25) is 0 Å². The van der Waals surface area contributed by atoms with Crippen LogP contribution in [0.5, 0.6) is 0 Å². The van der Waals surface area contributed by atoms with Crippen molar-refractivity contribution in [2.45, 2.75) is 11.8 Å². The first-order chi connectivity index (χ1) is 7.89. The number of hydrogen-bond acceptors (Lipinski definition) is 3. The topological polar surface area (TPSA) is 57.6 Å². The lowest BCUT2D eigenvalue weighted by Crippen LogP contribution is -2.22. The quantitative estimate of drug-likeness (QED) is 0.785. The first-order valence-corrected chi connectivity index (χ1v) is 6.46. The molecule has 1 aromatic rings. The average Bonchev–Trinajstić information content (AvgIpc) is 2.27. The van der Waals surface area contributed by atoms with Gasteiger partial charge >= 0.3 is 0 Å². The molecule has 17 heavy (non-hydrogen) atoms. The van der Waals surface area contributed by atoms with Crippen LogP contribution in [-0.4, -0.2) is 38.5 Å². The lowest BCUT2D eigenvalue weighted by Gasteiger charge is -2.12. The molecular weight excluding hydrogens is 238 g/mol. The van der Waals surface area contributed by atoms with Crippen LogP contribution in [0.1, 0.15) is 11.1 Å². The molecule has 1 rings (SSSR count). The molecule has 0 spiro atoms. The van der Waals surface area contributed by atoms with Gasteiger partial charge in [-0.25, -0.2) is 12.7 Å². The molecule has 0 atom stereocenters. The minimum absolute atomic E-state index is 0.211. The second kappa shape index (κ2) is 5.32. The van der Waals surface area contributed by atoms with Gasteiger partial charge in [-0.05, 0) is 30.7 Å². The molecule has 4 nitrogen and oxygen atoms in total. The van der Waals surface area contributed by atoms with Crippen molar-refractivity contribution in [1.29, 1.82) is 0 Å². The lowest BCUT2D eigenvalue weighted by molar-refractivity contribution is 0.350. The molecule has 1 aromatic carbocycles. The monoisotopic (exact) mass is 253 g/mol. The number of hydrogen-bond donors (Lipinski definition) is 1. The van der Waals surface area contributed by atoms with Crippen LogP contribution in [0.4, 0.5) is 0 Å². The molecule has 0 aliphatic carbocycles. The second-order valence-corrected chi connectivity index (χ2v) is 5.88. The minimum Gasteiger partial charge on any atom is -0.384 e. The minimum atomic E-state index is -3.40. The van der Waals surface area contributed by atoms with Crippen molar-refractivity contribution >= 4 is 10.0 Å². The molecule has 0 amide bonds. The van der Waals surface area contributed by atoms with Crippen molar-refractivity contribution in [3.05, 3.63) is 29.3 Å². The summed E-state index contributed by atoms with van der Waals surface area (Å²) in [6, 6.07) is 4.74. The third kappa shape index (κ3) is 3.07. The lowest BCUT2D eigenvalue weighted by atomic mass is 10.1.